The molecule has 0 unspecified atom stereocenters. The van der Waals surface area contributed by atoms with Gasteiger partial charge in [0, 0.05) is 0 Å². The molecular formula is C24H22. The van der Waals surface area contributed by atoms with Crippen molar-refractivity contribution in [2.45, 2.75) is 27.2 Å². The van der Waals surface area contributed by atoms with Gasteiger partial charge in [-0.3, -0.25) is 0 Å². The molecule has 0 bridgehead atoms. The van der Waals surface area contributed by atoms with Gasteiger partial charge in [0.25, 0.3) is 0 Å². The summed E-state index contributed by atoms with van der Waals surface area (Å²) in [4.78, 5) is 0. The maximum absolute atomic E-state index is 2.34. The number of allylic oxidation sites excluding steroid dienone is 4. The first-order chi connectivity index (χ1) is 11.6. The molecule has 3 aromatic carbocycles. The molecule has 0 amide bonds. The summed E-state index contributed by atoms with van der Waals surface area (Å²) in [5.74, 6) is 0. The Morgan fingerprint density at radius 3 is 2.38 bits per heavy atom. The minimum absolute atomic E-state index is 0.993. The largest absolute Gasteiger partial charge is 0.0771 e. The van der Waals surface area contributed by atoms with E-state index in [1.54, 1.807) is 0 Å². The third-order valence-electron chi connectivity index (χ3n) is 5.00. The first kappa shape index (κ1) is 15.0. The average Bonchev–Trinajstić information content (AvgIpc) is 2.73. The van der Waals surface area contributed by atoms with Crippen LogP contribution in [0, 0.1) is 6.92 Å². The van der Waals surface area contributed by atoms with Crippen LogP contribution in [0.1, 0.15) is 30.5 Å². The van der Waals surface area contributed by atoms with Crippen LogP contribution in [0.4, 0.5) is 0 Å². The Kier molecular flexibility index (Phi) is 3.61. The molecule has 0 aliphatic heterocycles. The Hall–Kier alpha value is -2.60. The highest BCUT2D eigenvalue weighted by Gasteiger charge is 2.14. The van der Waals surface area contributed by atoms with E-state index < -0.39 is 0 Å². The average molecular weight is 310 g/mol. The Labute approximate surface area is 144 Å². The van der Waals surface area contributed by atoms with Crippen LogP contribution in [0.25, 0.3) is 27.5 Å². The van der Waals surface area contributed by atoms with E-state index in [0.29, 0.717) is 0 Å². The van der Waals surface area contributed by atoms with E-state index in [-0.39, 0.29) is 0 Å². The summed E-state index contributed by atoms with van der Waals surface area (Å²) in [7, 11) is 0. The second-order valence-corrected chi connectivity index (χ2v) is 6.84. The predicted molar refractivity (Wildman–Crippen MR) is 105 cm³/mol. The number of fused-ring (bicyclic) bond motifs is 2. The minimum atomic E-state index is 0.993. The highest BCUT2D eigenvalue weighted by atomic mass is 14.2. The van der Waals surface area contributed by atoms with Gasteiger partial charge >= 0.3 is 0 Å². The number of hydrogen-bond acceptors (Lipinski definition) is 0. The summed E-state index contributed by atoms with van der Waals surface area (Å²) in [6, 6.07) is 20.1. The molecule has 0 radical (unpaired) electrons. The highest BCUT2D eigenvalue weighted by molar-refractivity contribution is 5.98. The molecule has 118 valence electrons. The summed E-state index contributed by atoms with van der Waals surface area (Å²) in [6.07, 6.45) is 5.63. The summed E-state index contributed by atoms with van der Waals surface area (Å²) >= 11 is 0. The molecule has 3 aromatic rings. The molecule has 0 N–H and O–H groups in total. The number of rotatable bonds is 1. The SMILES string of the molecule is CC1=CCc2c(cccc2-c2cccc3ccc(C)cc23)C(C)=C1. The van der Waals surface area contributed by atoms with Gasteiger partial charge in [-0.25, -0.2) is 0 Å². The van der Waals surface area contributed by atoms with Crippen molar-refractivity contribution in [3.63, 3.8) is 0 Å². The summed E-state index contributed by atoms with van der Waals surface area (Å²) < 4.78 is 0. The zero-order chi connectivity index (χ0) is 16.7. The molecule has 0 aromatic heterocycles. The molecule has 0 heteroatoms. The van der Waals surface area contributed by atoms with Gasteiger partial charge in [-0.2, -0.15) is 0 Å². The van der Waals surface area contributed by atoms with Crippen LogP contribution >= 0.6 is 0 Å². The van der Waals surface area contributed by atoms with Crippen LogP contribution in [0.15, 0.2) is 72.3 Å². The monoisotopic (exact) mass is 310 g/mol. The van der Waals surface area contributed by atoms with E-state index in [2.05, 4.69) is 87.5 Å². The second kappa shape index (κ2) is 5.79. The van der Waals surface area contributed by atoms with Gasteiger partial charge in [-0.05, 0) is 65.8 Å². The number of aryl methyl sites for hydroxylation is 1. The van der Waals surface area contributed by atoms with Crippen molar-refractivity contribution in [2.75, 3.05) is 0 Å². The highest BCUT2D eigenvalue weighted by Crippen LogP contribution is 2.36. The van der Waals surface area contributed by atoms with E-state index in [1.807, 2.05) is 0 Å². The molecule has 0 saturated heterocycles. The van der Waals surface area contributed by atoms with Gasteiger partial charge in [-0.1, -0.05) is 77.9 Å². The maximum atomic E-state index is 2.34. The Bertz CT molecular complexity index is 1000. The lowest BCUT2D eigenvalue weighted by Crippen LogP contribution is -1.95. The smallest absolute Gasteiger partial charge is 0.00795 e. The standard InChI is InChI=1S/C24H22/c1-16-11-13-23-20(18(3)14-16)7-5-9-21(23)22-8-4-6-19-12-10-17(2)15-24(19)22/h4-12,14-15H,13H2,1-3H3. The fourth-order valence-electron chi connectivity index (χ4n) is 3.79. The van der Waals surface area contributed by atoms with Crippen LogP contribution in [-0.2, 0) is 6.42 Å². The number of hydrogen-bond donors (Lipinski definition) is 0. The topological polar surface area (TPSA) is 0 Å². The summed E-state index contributed by atoms with van der Waals surface area (Å²) in [5.41, 5.74) is 9.54. The lowest BCUT2D eigenvalue weighted by Gasteiger charge is -2.15. The van der Waals surface area contributed by atoms with Crippen molar-refractivity contribution in [3.8, 4) is 11.1 Å². The lowest BCUT2D eigenvalue weighted by atomic mass is 9.88. The van der Waals surface area contributed by atoms with Gasteiger partial charge < -0.3 is 0 Å². The lowest BCUT2D eigenvalue weighted by molar-refractivity contribution is 1.24. The Morgan fingerprint density at radius 1 is 0.750 bits per heavy atom. The van der Waals surface area contributed by atoms with E-state index in [1.165, 1.54) is 49.7 Å². The summed E-state index contributed by atoms with van der Waals surface area (Å²) in [6.45, 7) is 6.58. The Balaban J connectivity index is 2.02. The molecule has 0 spiro atoms. The zero-order valence-corrected chi connectivity index (χ0v) is 14.6. The van der Waals surface area contributed by atoms with Crippen LogP contribution < -0.4 is 0 Å². The van der Waals surface area contributed by atoms with Crippen molar-refractivity contribution in [1.82, 2.24) is 0 Å². The van der Waals surface area contributed by atoms with E-state index >= 15 is 0 Å². The Morgan fingerprint density at radius 2 is 1.50 bits per heavy atom. The molecule has 1 aliphatic rings. The van der Waals surface area contributed by atoms with Crippen molar-refractivity contribution < 1.29 is 0 Å². The van der Waals surface area contributed by atoms with Crippen LogP contribution in [0.2, 0.25) is 0 Å². The fraction of sp³-hybridized carbons (Fsp3) is 0.167. The second-order valence-electron chi connectivity index (χ2n) is 6.84. The summed E-state index contributed by atoms with van der Waals surface area (Å²) in [5, 5.41) is 2.65. The van der Waals surface area contributed by atoms with Gasteiger partial charge in [0.2, 0.25) is 0 Å². The van der Waals surface area contributed by atoms with E-state index in [4.69, 9.17) is 0 Å². The molecule has 0 fully saturated rings. The predicted octanol–water partition coefficient (Wildman–Crippen LogP) is 6.72. The quantitative estimate of drug-likeness (QED) is 0.468. The van der Waals surface area contributed by atoms with E-state index in [0.717, 1.165) is 6.42 Å². The van der Waals surface area contributed by atoms with Gasteiger partial charge in [0.1, 0.15) is 0 Å². The molecule has 24 heavy (non-hydrogen) atoms. The molecule has 0 nitrogen and oxygen atoms in total. The van der Waals surface area contributed by atoms with Crippen LogP contribution in [0.3, 0.4) is 0 Å². The molecular weight excluding hydrogens is 288 g/mol. The van der Waals surface area contributed by atoms with Gasteiger partial charge in [0.15, 0.2) is 0 Å². The van der Waals surface area contributed by atoms with Gasteiger partial charge in [0.05, 0.1) is 0 Å². The maximum Gasteiger partial charge on any atom is -0.00795 e. The fourth-order valence-corrected chi connectivity index (χ4v) is 3.79. The zero-order valence-electron chi connectivity index (χ0n) is 14.6. The minimum Gasteiger partial charge on any atom is -0.0771 e. The van der Waals surface area contributed by atoms with Crippen molar-refractivity contribution >= 4 is 16.3 Å². The molecule has 0 saturated carbocycles. The van der Waals surface area contributed by atoms with E-state index in [9.17, 15) is 0 Å². The van der Waals surface area contributed by atoms with Gasteiger partial charge in [-0.15, -0.1) is 0 Å². The molecule has 4 rings (SSSR count). The molecule has 0 heterocycles. The van der Waals surface area contributed by atoms with Crippen molar-refractivity contribution in [1.29, 1.82) is 0 Å². The first-order valence-corrected chi connectivity index (χ1v) is 8.60. The van der Waals surface area contributed by atoms with Crippen molar-refractivity contribution in [2.24, 2.45) is 0 Å². The number of benzene rings is 3. The van der Waals surface area contributed by atoms with Crippen molar-refractivity contribution in [3.05, 3.63) is 89.0 Å². The third kappa shape index (κ3) is 2.49. The third-order valence-corrected chi connectivity index (χ3v) is 5.00. The normalized spacial score (nSPS) is 14.0. The first-order valence-electron chi connectivity index (χ1n) is 8.60. The molecule has 0 atom stereocenters. The van der Waals surface area contributed by atoms with Crippen LogP contribution in [-0.4, -0.2) is 0 Å². The van der Waals surface area contributed by atoms with Crippen LogP contribution in [0.5, 0.6) is 0 Å². The molecule has 1 aliphatic carbocycles.